The molecule has 0 amide bonds. The lowest BCUT2D eigenvalue weighted by molar-refractivity contribution is -0.0547. The Bertz CT molecular complexity index is 741. The van der Waals surface area contributed by atoms with Gasteiger partial charge in [0.25, 0.3) is 0 Å². The maximum absolute atomic E-state index is 12.1. The van der Waals surface area contributed by atoms with Gasteiger partial charge in [0.05, 0.1) is 25.9 Å². The second-order valence-corrected chi connectivity index (χ2v) is 8.16. The predicted molar refractivity (Wildman–Crippen MR) is 113 cm³/mol. The third kappa shape index (κ3) is 4.52. The Morgan fingerprint density at radius 3 is 2.21 bits per heavy atom. The highest BCUT2D eigenvalue weighted by atomic mass is 35.5. The number of benzene rings is 2. The van der Waals surface area contributed by atoms with Crippen molar-refractivity contribution in [2.75, 3.05) is 40.0 Å². The highest BCUT2D eigenvalue weighted by molar-refractivity contribution is 6.30. The highest BCUT2D eigenvalue weighted by Gasteiger charge is 2.43. The van der Waals surface area contributed by atoms with E-state index in [0.29, 0.717) is 5.02 Å². The van der Waals surface area contributed by atoms with Gasteiger partial charge in [0, 0.05) is 30.6 Å². The van der Waals surface area contributed by atoms with Crippen LogP contribution in [0.5, 0.6) is 5.75 Å². The van der Waals surface area contributed by atoms with Crippen molar-refractivity contribution in [2.45, 2.75) is 25.4 Å². The van der Waals surface area contributed by atoms with Crippen LogP contribution in [0.3, 0.4) is 0 Å². The molecule has 2 aromatic carbocycles. The summed E-state index contributed by atoms with van der Waals surface area (Å²) < 4.78 is 10.8. The Kier molecular flexibility index (Phi) is 7.00. The minimum atomic E-state index is -1.03. The van der Waals surface area contributed by atoms with Crippen LogP contribution in [-0.4, -0.2) is 50.0 Å². The van der Waals surface area contributed by atoms with Crippen molar-refractivity contribution in [3.05, 3.63) is 64.7 Å². The lowest BCUT2D eigenvalue weighted by atomic mass is 9.70. The van der Waals surface area contributed by atoms with E-state index in [1.165, 1.54) is 0 Å². The minimum absolute atomic E-state index is 0.0163. The summed E-state index contributed by atoms with van der Waals surface area (Å²) in [6, 6.07) is 15.6. The van der Waals surface area contributed by atoms with Gasteiger partial charge < -0.3 is 14.6 Å². The van der Waals surface area contributed by atoms with Crippen LogP contribution in [0, 0.1) is 5.92 Å². The van der Waals surface area contributed by atoms with Crippen LogP contribution in [0.4, 0.5) is 0 Å². The molecule has 1 fully saturated rings. The Balaban J connectivity index is 2.03. The van der Waals surface area contributed by atoms with Crippen molar-refractivity contribution < 1.29 is 14.6 Å². The lowest BCUT2D eigenvalue weighted by Gasteiger charge is -2.43. The maximum Gasteiger partial charge on any atom is 0.118 e. The number of morpholine rings is 1. The molecule has 0 radical (unpaired) electrons. The molecule has 0 saturated carbocycles. The summed E-state index contributed by atoms with van der Waals surface area (Å²) in [6.07, 6.45) is 0. The van der Waals surface area contributed by atoms with Crippen LogP contribution in [0.1, 0.15) is 30.9 Å². The van der Waals surface area contributed by atoms with E-state index in [0.717, 1.165) is 49.7 Å². The zero-order valence-corrected chi connectivity index (χ0v) is 17.7. The summed E-state index contributed by atoms with van der Waals surface area (Å²) in [5, 5.41) is 12.8. The van der Waals surface area contributed by atoms with Gasteiger partial charge in [0.2, 0.25) is 0 Å². The molecule has 0 aromatic heterocycles. The second-order valence-electron chi connectivity index (χ2n) is 7.73. The van der Waals surface area contributed by atoms with Gasteiger partial charge in [0.1, 0.15) is 5.75 Å². The number of hydrogen-bond acceptors (Lipinski definition) is 4. The van der Waals surface area contributed by atoms with Crippen LogP contribution in [-0.2, 0) is 10.3 Å². The van der Waals surface area contributed by atoms with Gasteiger partial charge in [0.15, 0.2) is 0 Å². The van der Waals surface area contributed by atoms with Crippen molar-refractivity contribution in [2.24, 2.45) is 5.92 Å². The number of nitrogens with zero attached hydrogens (tertiary/aromatic N) is 1. The molecule has 1 aliphatic heterocycles. The molecule has 2 atom stereocenters. The van der Waals surface area contributed by atoms with E-state index in [1.807, 2.05) is 48.5 Å². The molecule has 0 aliphatic carbocycles. The van der Waals surface area contributed by atoms with Crippen molar-refractivity contribution in [1.29, 1.82) is 0 Å². The summed E-state index contributed by atoms with van der Waals surface area (Å²) >= 11 is 6.13. The van der Waals surface area contributed by atoms with Gasteiger partial charge >= 0.3 is 0 Å². The zero-order chi connectivity index (χ0) is 20.1. The van der Waals surface area contributed by atoms with E-state index in [-0.39, 0.29) is 11.8 Å². The number of rotatable bonds is 7. The van der Waals surface area contributed by atoms with Gasteiger partial charge in [-0.1, -0.05) is 49.7 Å². The van der Waals surface area contributed by atoms with Gasteiger partial charge in [-0.15, -0.1) is 0 Å². The number of ether oxygens (including phenoxy) is 2. The molecule has 1 aliphatic rings. The summed E-state index contributed by atoms with van der Waals surface area (Å²) in [6.45, 7) is 8.12. The second kappa shape index (κ2) is 9.27. The largest absolute Gasteiger partial charge is 0.497 e. The van der Waals surface area contributed by atoms with Crippen molar-refractivity contribution in [3.8, 4) is 5.75 Å². The van der Waals surface area contributed by atoms with E-state index < -0.39 is 5.60 Å². The molecule has 0 bridgehead atoms. The Morgan fingerprint density at radius 2 is 1.68 bits per heavy atom. The summed E-state index contributed by atoms with van der Waals surface area (Å²) in [5.74, 6) is 0.699. The molecule has 0 unspecified atom stereocenters. The van der Waals surface area contributed by atoms with Crippen LogP contribution in [0.25, 0.3) is 0 Å². The molecule has 1 heterocycles. The predicted octanol–water partition coefficient (Wildman–Crippen LogP) is 4.31. The maximum atomic E-state index is 12.1. The summed E-state index contributed by atoms with van der Waals surface area (Å²) in [7, 11) is 1.65. The number of aliphatic hydroxyl groups is 1. The van der Waals surface area contributed by atoms with Gasteiger partial charge in [-0.2, -0.15) is 0 Å². The molecule has 1 saturated heterocycles. The highest BCUT2D eigenvalue weighted by Crippen LogP contribution is 2.44. The molecule has 0 spiro atoms. The Hall–Kier alpha value is -1.59. The van der Waals surface area contributed by atoms with Gasteiger partial charge in [-0.05, 0) is 41.3 Å². The third-order valence-electron chi connectivity index (χ3n) is 5.78. The smallest absolute Gasteiger partial charge is 0.118 e. The fourth-order valence-corrected chi connectivity index (χ4v) is 4.16. The summed E-state index contributed by atoms with van der Waals surface area (Å²) in [4.78, 5) is 2.37. The molecule has 1 N–H and O–H groups in total. The van der Waals surface area contributed by atoms with E-state index >= 15 is 0 Å². The average molecular weight is 404 g/mol. The third-order valence-corrected chi connectivity index (χ3v) is 6.03. The molecule has 3 rings (SSSR count). The zero-order valence-electron chi connectivity index (χ0n) is 16.9. The van der Waals surface area contributed by atoms with E-state index in [4.69, 9.17) is 21.1 Å². The molecule has 4 nitrogen and oxygen atoms in total. The molecule has 5 heteroatoms. The number of halogens is 1. The van der Waals surface area contributed by atoms with Crippen molar-refractivity contribution >= 4 is 11.6 Å². The fourth-order valence-electron chi connectivity index (χ4n) is 4.03. The van der Waals surface area contributed by atoms with E-state index in [1.54, 1.807) is 7.11 Å². The fraction of sp³-hybridized carbons (Fsp3) is 0.478. The molecular formula is C23H30ClNO3. The first-order valence-corrected chi connectivity index (χ1v) is 10.3. The lowest BCUT2D eigenvalue weighted by Crippen LogP contribution is -2.47. The first kappa shape index (κ1) is 21.1. The van der Waals surface area contributed by atoms with Gasteiger partial charge in [-0.3, -0.25) is 4.90 Å². The van der Waals surface area contributed by atoms with Crippen molar-refractivity contribution in [1.82, 2.24) is 4.90 Å². The van der Waals surface area contributed by atoms with Crippen LogP contribution in [0.2, 0.25) is 5.02 Å². The minimum Gasteiger partial charge on any atom is -0.497 e. The number of hydrogen-bond donors (Lipinski definition) is 1. The van der Waals surface area contributed by atoms with Crippen LogP contribution < -0.4 is 4.74 Å². The first-order chi connectivity index (χ1) is 13.4. The normalized spacial score (nSPS) is 18.6. The quantitative estimate of drug-likeness (QED) is 0.748. The summed E-state index contributed by atoms with van der Waals surface area (Å²) in [5.41, 5.74) is 0.956. The SMILES string of the molecule is COc1ccc([C@](O)(C(C)C)[C@H](CN2CCOCC2)c2ccc(Cl)cc2)cc1. The monoisotopic (exact) mass is 403 g/mol. The van der Waals surface area contributed by atoms with Crippen LogP contribution in [0.15, 0.2) is 48.5 Å². The average Bonchev–Trinajstić information content (AvgIpc) is 2.73. The standard InChI is InChI=1S/C23H30ClNO3/c1-17(2)23(26,19-6-10-21(27-3)11-7-19)22(16-25-12-14-28-15-13-25)18-4-8-20(24)9-5-18/h4-11,17,22,26H,12-16H2,1-3H3/t22-,23-/m1/s1. The van der Waals surface area contributed by atoms with E-state index in [2.05, 4.69) is 18.7 Å². The van der Waals surface area contributed by atoms with Crippen molar-refractivity contribution in [3.63, 3.8) is 0 Å². The topological polar surface area (TPSA) is 41.9 Å². The molecule has 28 heavy (non-hydrogen) atoms. The number of methoxy groups -OCH3 is 1. The van der Waals surface area contributed by atoms with Crippen LogP contribution >= 0.6 is 11.6 Å². The molecular weight excluding hydrogens is 374 g/mol. The van der Waals surface area contributed by atoms with Gasteiger partial charge in [-0.25, -0.2) is 0 Å². The Labute approximate surface area is 173 Å². The molecule has 2 aromatic rings. The first-order valence-electron chi connectivity index (χ1n) is 9.87. The van der Waals surface area contributed by atoms with E-state index in [9.17, 15) is 5.11 Å². The molecule has 152 valence electrons. The Morgan fingerprint density at radius 1 is 1.07 bits per heavy atom.